The molecule has 1 N–H and O–H groups in total. The van der Waals surface area contributed by atoms with Crippen LogP contribution >= 0.6 is 11.6 Å². The molecule has 2 rings (SSSR count). The average Bonchev–Trinajstić information content (AvgIpc) is 2.36. The Balaban J connectivity index is 2.60. The van der Waals surface area contributed by atoms with Gasteiger partial charge in [-0.05, 0) is 39.3 Å². The molecule has 0 saturated carbocycles. The van der Waals surface area contributed by atoms with Crippen LogP contribution in [0.25, 0.3) is 0 Å². The van der Waals surface area contributed by atoms with E-state index in [2.05, 4.69) is 41.0 Å². The van der Waals surface area contributed by atoms with Crippen LogP contribution in [0.1, 0.15) is 32.9 Å². The van der Waals surface area contributed by atoms with Gasteiger partial charge in [0.2, 0.25) is 11.2 Å². The number of aryl methyl sites for hydroxylation is 1. The summed E-state index contributed by atoms with van der Waals surface area (Å²) < 4.78 is 0. The minimum Gasteiger partial charge on any atom is -0.349 e. The molecule has 1 aromatic heterocycles. The largest absolute Gasteiger partial charge is 0.349 e. The number of anilines is 2. The molecule has 1 amide bonds. The maximum Gasteiger partial charge on any atom is 0.226 e. The lowest BCUT2D eigenvalue weighted by atomic mass is 10.1. The third-order valence-electron chi connectivity index (χ3n) is 2.94. The molecular weight excluding hydrogens is 252 g/mol. The van der Waals surface area contributed by atoms with Gasteiger partial charge in [-0.25, -0.2) is 4.98 Å². The Bertz CT molecular complexity index is 496. The molecule has 18 heavy (non-hydrogen) atoms. The fraction of sp³-hybridized carbons (Fsp3) is 0.583. The van der Waals surface area contributed by atoms with Crippen LogP contribution in [-0.2, 0) is 4.79 Å². The Hall–Kier alpha value is -1.36. The van der Waals surface area contributed by atoms with Crippen LogP contribution in [0.15, 0.2) is 0 Å². The van der Waals surface area contributed by atoms with Crippen molar-refractivity contribution in [1.29, 1.82) is 0 Å². The third-order valence-corrected chi connectivity index (χ3v) is 3.10. The number of nitrogens with one attached hydrogen (secondary N) is 1. The van der Waals surface area contributed by atoms with E-state index in [1.54, 1.807) is 0 Å². The highest BCUT2D eigenvalue weighted by Crippen LogP contribution is 2.34. The molecule has 0 fully saturated rings. The van der Waals surface area contributed by atoms with Crippen molar-refractivity contribution < 1.29 is 4.79 Å². The Morgan fingerprint density at radius 3 is 2.61 bits per heavy atom. The van der Waals surface area contributed by atoms with Crippen molar-refractivity contribution in [2.75, 3.05) is 16.8 Å². The number of halogens is 1. The quantitative estimate of drug-likeness (QED) is 0.734. The predicted molar refractivity (Wildman–Crippen MR) is 72.1 cm³/mol. The van der Waals surface area contributed by atoms with Gasteiger partial charge in [-0.2, -0.15) is 4.98 Å². The lowest BCUT2D eigenvalue weighted by Crippen LogP contribution is -2.42. The van der Waals surface area contributed by atoms with E-state index >= 15 is 0 Å². The van der Waals surface area contributed by atoms with Crippen molar-refractivity contribution in [3.8, 4) is 0 Å². The van der Waals surface area contributed by atoms with Crippen LogP contribution < -0.4 is 10.2 Å². The summed E-state index contributed by atoms with van der Waals surface area (Å²) >= 11 is 5.93. The molecule has 2 heterocycles. The zero-order valence-corrected chi connectivity index (χ0v) is 11.8. The third kappa shape index (κ3) is 2.41. The van der Waals surface area contributed by atoms with Crippen molar-refractivity contribution in [3.63, 3.8) is 0 Å². The maximum absolute atomic E-state index is 11.7. The second kappa shape index (κ2) is 4.39. The van der Waals surface area contributed by atoms with Crippen LogP contribution in [-0.4, -0.2) is 28.0 Å². The van der Waals surface area contributed by atoms with E-state index in [1.807, 2.05) is 6.92 Å². The second-order valence-electron chi connectivity index (χ2n) is 5.40. The van der Waals surface area contributed by atoms with Crippen molar-refractivity contribution >= 4 is 29.0 Å². The molecule has 0 spiro atoms. The van der Waals surface area contributed by atoms with Gasteiger partial charge >= 0.3 is 0 Å². The first-order chi connectivity index (χ1) is 8.29. The smallest absolute Gasteiger partial charge is 0.226 e. The van der Waals surface area contributed by atoms with Gasteiger partial charge in [0.1, 0.15) is 5.69 Å². The highest BCUT2D eigenvalue weighted by molar-refractivity contribution is 6.28. The van der Waals surface area contributed by atoms with Crippen LogP contribution in [0.3, 0.4) is 0 Å². The molecule has 0 aromatic carbocycles. The van der Waals surface area contributed by atoms with E-state index in [-0.39, 0.29) is 16.7 Å². The average molecular weight is 269 g/mol. The molecule has 0 bridgehead atoms. The van der Waals surface area contributed by atoms with Gasteiger partial charge in [-0.15, -0.1) is 0 Å². The molecule has 0 saturated heterocycles. The highest BCUT2D eigenvalue weighted by Gasteiger charge is 2.30. The van der Waals surface area contributed by atoms with Gasteiger partial charge in [0.05, 0.1) is 5.69 Å². The fourth-order valence-corrected chi connectivity index (χ4v) is 2.25. The molecule has 6 heteroatoms. The molecule has 0 aliphatic carbocycles. The number of hydrogen-bond donors (Lipinski definition) is 1. The van der Waals surface area contributed by atoms with Crippen molar-refractivity contribution in [2.45, 2.75) is 39.7 Å². The van der Waals surface area contributed by atoms with Crippen LogP contribution in [0, 0.1) is 6.92 Å². The monoisotopic (exact) mass is 268 g/mol. The van der Waals surface area contributed by atoms with Gasteiger partial charge in [0, 0.05) is 18.5 Å². The zero-order valence-electron chi connectivity index (χ0n) is 11.0. The summed E-state index contributed by atoms with van der Waals surface area (Å²) in [6, 6.07) is 0. The highest BCUT2D eigenvalue weighted by atomic mass is 35.5. The number of hydrogen-bond acceptors (Lipinski definition) is 4. The number of nitrogens with zero attached hydrogens (tertiary/aromatic N) is 3. The predicted octanol–water partition coefficient (Wildman–Crippen LogP) is 2.39. The Kier molecular flexibility index (Phi) is 3.19. The van der Waals surface area contributed by atoms with Gasteiger partial charge in [0.25, 0.3) is 0 Å². The number of carbonyl (C=O) groups excluding carboxylic acids is 1. The van der Waals surface area contributed by atoms with E-state index in [0.29, 0.717) is 30.2 Å². The molecule has 5 nitrogen and oxygen atoms in total. The Labute approximate surface area is 112 Å². The number of fused-ring (bicyclic) bond motifs is 1. The summed E-state index contributed by atoms with van der Waals surface area (Å²) in [6.45, 7) is 8.68. The SMILES string of the molecule is Cc1nc(Cl)nc2c1NC(=O)CCN2C(C)(C)C. The Morgan fingerprint density at radius 2 is 2.00 bits per heavy atom. The summed E-state index contributed by atoms with van der Waals surface area (Å²) in [7, 11) is 0. The minimum atomic E-state index is -0.134. The number of carbonyl (C=O) groups is 1. The molecule has 1 aliphatic heterocycles. The standard InChI is InChI=1S/C12H17ClN4O/c1-7-9-10(16-11(13)14-7)17(12(2,3)4)6-5-8(18)15-9/h5-6H2,1-4H3,(H,15,18). The normalized spacial score (nSPS) is 16.1. The van der Waals surface area contributed by atoms with Crippen LogP contribution in [0.5, 0.6) is 0 Å². The van der Waals surface area contributed by atoms with E-state index < -0.39 is 0 Å². The van der Waals surface area contributed by atoms with Gasteiger partial charge in [-0.3, -0.25) is 4.79 Å². The number of amides is 1. The number of aromatic nitrogens is 2. The van der Waals surface area contributed by atoms with Crippen molar-refractivity contribution in [3.05, 3.63) is 11.0 Å². The summed E-state index contributed by atoms with van der Waals surface area (Å²) in [5.41, 5.74) is 1.22. The summed E-state index contributed by atoms with van der Waals surface area (Å²) in [5.74, 6) is 0.683. The first-order valence-corrected chi connectivity index (χ1v) is 6.28. The van der Waals surface area contributed by atoms with E-state index in [0.717, 1.165) is 0 Å². The van der Waals surface area contributed by atoms with Crippen LogP contribution in [0.4, 0.5) is 11.5 Å². The first kappa shape index (κ1) is 13.1. The lowest BCUT2D eigenvalue weighted by Gasteiger charge is -2.36. The van der Waals surface area contributed by atoms with E-state index in [4.69, 9.17) is 11.6 Å². The molecule has 0 unspecified atom stereocenters. The number of rotatable bonds is 0. The Morgan fingerprint density at radius 1 is 1.33 bits per heavy atom. The summed E-state index contributed by atoms with van der Waals surface area (Å²) in [5, 5.41) is 3.06. The summed E-state index contributed by atoms with van der Waals surface area (Å²) in [4.78, 5) is 22.2. The van der Waals surface area contributed by atoms with Gasteiger partial charge in [-0.1, -0.05) is 0 Å². The van der Waals surface area contributed by atoms with Gasteiger partial charge < -0.3 is 10.2 Å². The molecule has 98 valence electrons. The van der Waals surface area contributed by atoms with E-state index in [1.165, 1.54) is 0 Å². The zero-order chi connectivity index (χ0) is 13.5. The fourth-order valence-electron chi connectivity index (χ4n) is 2.04. The molecule has 0 atom stereocenters. The van der Waals surface area contributed by atoms with Crippen molar-refractivity contribution in [2.24, 2.45) is 0 Å². The van der Waals surface area contributed by atoms with E-state index in [9.17, 15) is 4.79 Å². The topological polar surface area (TPSA) is 58.1 Å². The summed E-state index contributed by atoms with van der Waals surface area (Å²) in [6.07, 6.45) is 0.435. The second-order valence-corrected chi connectivity index (χ2v) is 5.74. The lowest BCUT2D eigenvalue weighted by molar-refractivity contribution is -0.116. The van der Waals surface area contributed by atoms with Crippen molar-refractivity contribution in [1.82, 2.24) is 9.97 Å². The minimum absolute atomic E-state index is 0.0166. The first-order valence-electron chi connectivity index (χ1n) is 5.90. The van der Waals surface area contributed by atoms with Gasteiger partial charge in [0.15, 0.2) is 5.82 Å². The molecule has 1 aromatic rings. The molecule has 0 radical (unpaired) electrons. The van der Waals surface area contributed by atoms with Crippen LogP contribution in [0.2, 0.25) is 5.28 Å². The molecular formula is C12H17ClN4O. The molecule has 1 aliphatic rings. The maximum atomic E-state index is 11.7.